The third kappa shape index (κ3) is 3.34. The molecule has 1 heterocycles. The summed E-state index contributed by atoms with van der Waals surface area (Å²) in [5.41, 5.74) is 7.25. The Labute approximate surface area is 111 Å². The number of hydrogen-bond donors (Lipinski definition) is 2. The van der Waals surface area contributed by atoms with Crippen LogP contribution in [-0.4, -0.2) is 10.9 Å². The van der Waals surface area contributed by atoms with Crippen LogP contribution in [0.25, 0.3) is 0 Å². The van der Waals surface area contributed by atoms with Crippen LogP contribution in [0.1, 0.15) is 30.1 Å². The summed E-state index contributed by atoms with van der Waals surface area (Å²) in [6.07, 6.45) is 1.63. The monoisotopic (exact) mass is 259 g/mol. The van der Waals surface area contributed by atoms with Crippen molar-refractivity contribution in [3.05, 3.63) is 47.7 Å². The lowest BCUT2D eigenvalue weighted by Gasteiger charge is -2.12. The number of aryl methyl sites for hydroxylation is 1. The molecule has 1 unspecified atom stereocenters. The Balaban J connectivity index is 1.96. The van der Waals surface area contributed by atoms with Crippen LogP contribution in [0.5, 0.6) is 0 Å². The van der Waals surface area contributed by atoms with Crippen molar-refractivity contribution in [1.29, 1.82) is 0 Å². The maximum Gasteiger partial charge on any atom is 0.227 e. The Morgan fingerprint density at radius 1 is 1.53 bits per heavy atom. The normalized spacial score (nSPS) is 12.1. The van der Waals surface area contributed by atoms with E-state index in [0.29, 0.717) is 18.1 Å². The van der Waals surface area contributed by atoms with Gasteiger partial charge in [0.1, 0.15) is 5.76 Å². The number of benzene rings is 1. The number of nitrogens with one attached hydrogen (secondary N) is 1. The Bertz CT molecular complexity index is 578. The highest BCUT2D eigenvalue weighted by Gasteiger charge is 2.15. The molecule has 19 heavy (non-hydrogen) atoms. The van der Waals surface area contributed by atoms with Crippen LogP contribution in [0.15, 0.2) is 34.9 Å². The molecule has 1 atom stereocenters. The number of nitrogens with two attached hydrogens (primary N) is 1. The lowest BCUT2D eigenvalue weighted by Crippen LogP contribution is -2.27. The van der Waals surface area contributed by atoms with Crippen LogP contribution in [-0.2, 0) is 11.3 Å². The number of amides is 1. The summed E-state index contributed by atoms with van der Waals surface area (Å²) in [6, 6.07) is 7.32. The standard InChI is InChI=1S/C14H17N3O2/c1-9-7-16-13(19-9)8-17-14(18)10(2)11-4-3-5-12(15)6-11/h3-7,10H,8,15H2,1-2H3,(H,17,18). The molecule has 1 amide bonds. The average molecular weight is 259 g/mol. The van der Waals surface area contributed by atoms with Crippen LogP contribution in [0.2, 0.25) is 0 Å². The highest BCUT2D eigenvalue weighted by Crippen LogP contribution is 2.17. The van der Waals surface area contributed by atoms with Gasteiger partial charge in [0.05, 0.1) is 18.7 Å². The molecule has 0 fully saturated rings. The predicted molar refractivity (Wildman–Crippen MR) is 72.4 cm³/mol. The predicted octanol–water partition coefficient (Wildman–Crippen LogP) is 1.99. The van der Waals surface area contributed by atoms with Gasteiger partial charge in [-0.3, -0.25) is 4.79 Å². The second-order valence-electron chi connectivity index (χ2n) is 4.47. The first-order chi connectivity index (χ1) is 9.06. The van der Waals surface area contributed by atoms with E-state index >= 15 is 0 Å². The Morgan fingerprint density at radius 2 is 2.32 bits per heavy atom. The molecule has 0 radical (unpaired) electrons. The summed E-state index contributed by atoms with van der Waals surface area (Å²) < 4.78 is 5.29. The van der Waals surface area contributed by atoms with Crippen molar-refractivity contribution >= 4 is 11.6 Å². The molecule has 5 nitrogen and oxygen atoms in total. The number of nitrogens with zero attached hydrogens (tertiary/aromatic N) is 1. The molecule has 0 aliphatic carbocycles. The molecule has 0 bridgehead atoms. The van der Waals surface area contributed by atoms with Gasteiger partial charge in [-0.15, -0.1) is 0 Å². The number of hydrogen-bond acceptors (Lipinski definition) is 4. The second-order valence-corrected chi connectivity index (χ2v) is 4.47. The molecule has 3 N–H and O–H groups in total. The van der Waals surface area contributed by atoms with Crippen LogP contribution >= 0.6 is 0 Å². The van der Waals surface area contributed by atoms with Crippen LogP contribution in [0.3, 0.4) is 0 Å². The van der Waals surface area contributed by atoms with E-state index in [9.17, 15) is 4.79 Å². The lowest BCUT2D eigenvalue weighted by atomic mass is 10.00. The summed E-state index contributed by atoms with van der Waals surface area (Å²) in [6.45, 7) is 3.94. The zero-order valence-corrected chi connectivity index (χ0v) is 11.0. The van der Waals surface area contributed by atoms with Gasteiger partial charge in [-0.1, -0.05) is 12.1 Å². The fourth-order valence-corrected chi connectivity index (χ4v) is 1.78. The van der Waals surface area contributed by atoms with Gasteiger partial charge < -0.3 is 15.5 Å². The van der Waals surface area contributed by atoms with Crippen molar-refractivity contribution in [3.63, 3.8) is 0 Å². The van der Waals surface area contributed by atoms with Crippen molar-refractivity contribution in [2.45, 2.75) is 26.3 Å². The van der Waals surface area contributed by atoms with E-state index in [1.807, 2.05) is 26.0 Å². The van der Waals surface area contributed by atoms with Crippen molar-refractivity contribution in [3.8, 4) is 0 Å². The molecule has 0 spiro atoms. The summed E-state index contributed by atoms with van der Waals surface area (Å²) in [5, 5.41) is 2.79. The average Bonchev–Trinajstić information content (AvgIpc) is 2.81. The van der Waals surface area contributed by atoms with E-state index in [-0.39, 0.29) is 11.8 Å². The number of nitrogen functional groups attached to an aromatic ring is 1. The molecule has 2 rings (SSSR count). The quantitative estimate of drug-likeness (QED) is 0.823. The SMILES string of the molecule is Cc1cnc(CNC(=O)C(C)c2cccc(N)c2)o1. The fourth-order valence-electron chi connectivity index (χ4n) is 1.78. The third-order valence-electron chi connectivity index (χ3n) is 2.89. The van der Waals surface area contributed by atoms with E-state index in [1.165, 1.54) is 0 Å². The maximum absolute atomic E-state index is 12.0. The number of carbonyl (C=O) groups is 1. The first-order valence-electron chi connectivity index (χ1n) is 6.10. The number of carbonyl (C=O) groups excluding carboxylic acids is 1. The number of rotatable bonds is 4. The summed E-state index contributed by atoms with van der Waals surface area (Å²) >= 11 is 0. The van der Waals surface area contributed by atoms with E-state index in [2.05, 4.69) is 10.3 Å². The molecular formula is C14H17N3O2. The molecule has 1 aromatic heterocycles. The molecular weight excluding hydrogens is 242 g/mol. The molecule has 0 aliphatic heterocycles. The van der Waals surface area contributed by atoms with E-state index in [0.717, 1.165) is 11.3 Å². The third-order valence-corrected chi connectivity index (χ3v) is 2.89. The molecule has 100 valence electrons. The number of aromatic nitrogens is 1. The highest BCUT2D eigenvalue weighted by atomic mass is 16.4. The minimum absolute atomic E-state index is 0.0820. The van der Waals surface area contributed by atoms with Gasteiger partial charge in [0.15, 0.2) is 0 Å². The number of oxazole rings is 1. The Hall–Kier alpha value is -2.30. The zero-order valence-electron chi connectivity index (χ0n) is 11.0. The maximum atomic E-state index is 12.0. The van der Waals surface area contributed by atoms with Crippen LogP contribution in [0.4, 0.5) is 5.69 Å². The summed E-state index contributed by atoms with van der Waals surface area (Å²) in [7, 11) is 0. The topological polar surface area (TPSA) is 81.2 Å². The smallest absolute Gasteiger partial charge is 0.227 e. The van der Waals surface area contributed by atoms with Crippen LogP contribution < -0.4 is 11.1 Å². The van der Waals surface area contributed by atoms with Gasteiger partial charge in [0.25, 0.3) is 0 Å². The van der Waals surface area contributed by atoms with Gasteiger partial charge in [0.2, 0.25) is 11.8 Å². The first-order valence-corrected chi connectivity index (χ1v) is 6.10. The van der Waals surface area contributed by atoms with Gasteiger partial charge in [-0.2, -0.15) is 0 Å². The van der Waals surface area contributed by atoms with Gasteiger partial charge in [-0.05, 0) is 31.5 Å². The van der Waals surface area contributed by atoms with Crippen molar-refractivity contribution in [1.82, 2.24) is 10.3 Å². The fraction of sp³-hybridized carbons (Fsp3) is 0.286. The Kier molecular flexibility index (Phi) is 3.85. The van der Waals surface area contributed by atoms with Crippen molar-refractivity contribution in [2.24, 2.45) is 0 Å². The second kappa shape index (κ2) is 5.56. The largest absolute Gasteiger partial charge is 0.444 e. The van der Waals surface area contributed by atoms with Crippen LogP contribution in [0, 0.1) is 6.92 Å². The van der Waals surface area contributed by atoms with E-state index in [1.54, 1.807) is 18.3 Å². The Morgan fingerprint density at radius 3 is 2.95 bits per heavy atom. The highest BCUT2D eigenvalue weighted by molar-refractivity contribution is 5.83. The number of anilines is 1. The molecule has 0 saturated carbocycles. The molecule has 1 aromatic carbocycles. The minimum atomic E-state index is -0.264. The van der Waals surface area contributed by atoms with Crippen molar-refractivity contribution in [2.75, 3.05) is 5.73 Å². The minimum Gasteiger partial charge on any atom is -0.444 e. The zero-order chi connectivity index (χ0) is 13.8. The summed E-state index contributed by atoms with van der Waals surface area (Å²) in [4.78, 5) is 16.0. The molecule has 0 saturated heterocycles. The van der Waals surface area contributed by atoms with Gasteiger partial charge in [-0.25, -0.2) is 4.98 Å². The van der Waals surface area contributed by atoms with Gasteiger partial charge in [0, 0.05) is 5.69 Å². The first kappa shape index (κ1) is 13.1. The molecule has 5 heteroatoms. The molecule has 2 aromatic rings. The van der Waals surface area contributed by atoms with Crippen molar-refractivity contribution < 1.29 is 9.21 Å². The van der Waals surface area contributed by atoms with Gasteiger partial charge >= 0.3 is 0 Å². The summed E-state index contributed by atoms with van der Waals surface area (Å²) in [5.74, 6) is 0.889. The van der Waals surface area contributed by atoms with E-state index in [4.69, 9.17) is 10.2 Å². The lowest BCUT2D eigenvalue weighted by molar-refractivity contribution is -0.122. The van der Waals surface area contributed by atoms with E-state index < -0.39 is 0 Å². The molecule has 0 aliphatic rings.